The predicted molar refractivity (Wildman–Crippen MR) is 119 cm³/mol. The summed E-state index contributed by atoms with van der Waals surface area (Å²) in [7, 11) is 0. The highest BCUT2D eigenvalue weighted by atomic mass is 79.9. The zero-order valence-electron chi connectivity index (χ0n) is 15.8. The third kappa shape index (κ3) is 4.45. The van der Waals surface area contributed by atoms with Gasteiger partial charge in [-0.1, -0.05) is 56.8 Å². The minimum absolute atomic E-state index is 0. The lowest BCUT2D eigenvalue weighted by atomic mass is 9.62. The molecule has 1 heterocycles. The number of hydrogen-bond acceptors (Lipinski definition) is 2. The highest BCUT2D eigenvalue weighted by molar-refractivity contribution is 8.93. The molecule has 1 aromatic carbocycles. The maximum Gasteiger partial charge on any atom is 0.184 e. The maximum atomic E-state index is 6.13. The summed E-state index contributed by atoms with van der Waals surface area (Å²) in [6, 6.07) is 8.51. The second-order valence-corrected chi connectivity index (χ2v) is 8.36. The summed E-state index contributed by atoms with van der Waals surface area (Å²) in [5.41, 5.74) is 3.04. The summed E-state index contributed by atoms with van der Waals surface area (Å²) in [6.07, 6.45) is 8.55. The molecule has 1 fully saturated rings. The van der Waals surface area contributed by atoms with E-state index in [0.29, 0.717) is 0 Å². The lowest BCUT2D eigenvalue weighted by Gasteiger charge is -2.43. The standard InChI is InChI=1S/C21H29ClN2S.BrH/c1-3-5-14-23-20-24(15-6-4-2)19(16-25-20)21(12-7-13-21)17-8-10-18(22)11-9-17;/h8-11,16H,3-7,12-15H2,1-2H3;1H. The van der Waals surface area contributed by atoms with E-state index < -0.39 is 0 Å². The zero-order chi connectivity index (χ0) is 17.7. The Morgan fingerprint density at radius 1 is 1.12 bits per heavy atom. The molecule has 0 amide bonds. The number of nitrogens with zero attached hydrogens (tertiary/aromatic N) is 2. The van der Waals surface area contributed by atoms with Gasteiger partial charge in [0.2, 0.25) is 0 Å². The van der Waals surface area contributed by atoms with E-state index >= 15 is 0 Å². The van der Waals surface area contributed by atoms with Crippen LogP contribution in [0.2, 0.25) is 5.02 Å². The summed E-state index contributed by atoms with van der Waals surface area (Å²) in [5.74, 6) is 0. The van der Waals surface area contributed by atoms with Crippen LogP contribution in [0.3, 0.4) is 0 Å². The summed E-state index contributed by atoms with van der Waals surface area (Å²) in [5, 5.41) is 3.19. The molecule has 1 aromatic heterocycles. The van der Waals surface area contributed by atoms with Crippen LogP contribution in [-0.2, 0) is 12.0 Å². The topological polar surface area (TPSA) is 17.3 Å². The van der Waals surface area contributed by atoms with Crippen molar-refractivity contribution in [2.75, 3.05) is 6.54 Å². The number of rotatable bonds is 8. The van der Waals surface area contributed by atoms with Gasteiger partial charge in [0.1, 0.15) is 0 Å². The van der Waals surface area contributed by atoms with Crippen LogP contribution in [0.25, 0.3) is 0 Å². The van der Waals surface area contributed by atoms with E-state index in [2.05, 4.69) is 35.9 Å². The van der Waals surface area contributed by atoms with Crippen molar-refractivity contribution < 1.29 is 0 Å². The number of hydrogen-bond donors (Lipinski definition) is 0. The highest BCUT2D eigenvalue weighted by Gasteiger charge is 2.42. The van der Waals surface area contributed by atoms with Crippen molar-refractivity contribution in [3.63, 3.8) is 0 Å². The first-order valence-corrected chi connectivity index (χ1v) is 10.9. The lowest BCUT2D eigenvalue weighted by molar-refractivity contribution is 0.281. The highest BCUT2D eigenvalue weighted by Crippen LogP contribution is 2.49. The molecule has 2 nitrogen and oxygen atoms in total. The molecule has 26 heavy (non-hydrogen) atoms. The molecule has 1 aliphatic rings. The molecule has 3 rings (SSSR count). The van der Waals surface area contributed by atoms with Crippen LogP contribution in [0.15, 0.2) is 34.6 Å². The third-order valence-corrected chi connectivity index (χ3v) is 6.54. The van der Waals surface area contributed by atoms with Crippen LogP contribution in [0.1, 0.15) is 70.1 Å². The van der Waals surface area contributed by atoms with Gasteiger partial charge in [0.15, 0.2) is 4.80 Å². The largest absolute Gasteiger partial charge is 0.320 e. The molecule has 0 saturated heterocycles. The molecule has 0 bridgehead atoms. The molecule has 5 heteroatoms. The summed E-state index contributed by atoms with van der Waals surface area (Å²) >= 11 is 7.95. The zero-order valence-corrected chi connectivity index (χ0v) is 19.1. The molecule has 2 aromatic rings. The van der Waals surface area contributed by atoms with Crippen molar-refractivity contribution in [3.05, 3.63) is 50.7 Å². The van der Waals surface area contributed by atoms with Gasteiger partial charge in [-0.15, -0.1) is 28.3 Å². The van der Waals surface area contributed by atoms with Crippen LogP contribution >= 0.6 is 39.9 Å². The van der Waals surface area contributed by atoms with Crippen LogP contribution in [0.5, 0.6) is 0 Å². The van der Waals surface area contributed by atoms with E-state index in [1.807, 2.05) is 23.5 Å². The number of thiazole rings is 1. The summed E-state index contributed by atoms with van der Waals surface area (Å²) in [6.45, 7) is 6.51. The Morgan fingerprint density at radius 2 is 1.81 bits per heavy atom. The normalized spacial score (nSPS) is 16.2. The van der Waals surface area contributed by atoms with Gasteiger partial charge in [0, 0.05) is 34.6 Å². The fraction of sp³-hybridized carbons (Fsp3) is 0.571. The van der Waals surface area contributed by atoms with Gasteiger partial charge in [-0.3, -0.25) is 4.99 Å². The number of aromatic nitrogens is 1. The Kier molecular flexibility index (Phi) is 8.43. The molecule has 144 valence electrons. The average molecular weight is 458 g/mol. The van der Waals surface area contributed by atoms with E-state index in [9.17, 15) is 0 Å². The molecule has 0 N–H and O–H groups in total. The predicted octanol–water partition coefficient (Wildman–Crippen LogP) is 6.75. The second kappa shape index (κ2) is 10.1. The van der Waals surface area contributed by atoms with Gasteiger partial charge < -0.3 is 4.57 Å². The van der Waals surface area contributed by atoms with Crippen molar-refractivity contribution >= 4 is 39.9 Å². The minimum Gasteiger partial charge on any atom is -0.320 e. The number of benzene rings is 1. The third-order valence-electron chi connectivity index (χ3n) is 5.39. The number of unbranched alkanes of at least 4 members (excludes halogenated alkanes) is 2. The molecule has 0 unspecified atom stereocenters. The van der Waals surface area contributed by atoms with Crippen molar-refractivity contribution in [2.24, 2.45) is 4.99 Å². The van der Waals surface area contributed by atoms with Crippen molar-refractivity contribution in [1.29, 1.82) is 0 Å². The monoisotopic (exact) mass is 456 g/mol. The van der Waals surface area contributed by atoms with Crippen LogP contribution in [-0.4, -0.2) is 11.1 Å². The van der Waals surface area contributed by atoms with E-state index in [1.165, 1.54) is 61.0 Å². The fourth-order valence-electron chi connectivity index (χ4n) is 3.69. The molecule has 0 atom stereocenters. The van der Waals surface area contributed by atoms with Crippen molar-refractivity contribution in [1.82, 2.24) is 4.57 Å². The van der Waals surface area contributed by atoms with Gasteiger partial charge in [0.25, 0.3) is 0 Å². The molecule has 1 saturated carbocycles. The van der Waals surface area contributed by atoms with E-state index in [-0.39, 0.29) is 22.4 Å². The lowest BCUT2D eigenvalue weighted by Crippen LogP contribution is -2.39. The van der Waals surface area contributed by atoms with E-state index in [1.54, 1.807) is 0 Å². The van der Waals surface area contributed by atoms with Crippen LogP contribution in [0, 0.1) is 0 Å². The first kappa shape index (κ1) is 21.7. The average Bonchev–Trinajstić information content (AvgIpc) is 2.97. The molecular weight excluding hydrogens is 428 g/mol. The Balaban J connectivity index is 0.00000243. The molecule has 0 aliphatic heterocycles. The minimum atomic E-state index is 0. The van der Waals surface area contributed by atoms with Crippen molar-refractivity contribution in [3.8, 4) is 0 Å². The SMILES string of the molecule is Br.CCCCN=c1scc(C2(c3ccc(Cl)cc3)CCC2)n1CCCC. The first-order chi connectivity index (χ1) is 12.2. The smallest absolute Gasteiger partial charge is 0.184 e. The number of halogens is 2. The quantitative estimate of drug-likeness (QED) is 0.390. The molecule has 0 radical (unpaired) electrons. The molecule has 0 spiro atoms. The first-order valence-electron chi connectivity index (χ1n) is 9.66. The Bertz CT molecular complexity index is 744. The van der Waals surface area contributed by atoms with Gasteiger partial charge in [-0.25, -0.2) is 0 Å². The maximum absolute atomic E-state index is 6.13. The van der Waals surface area contributed by atoms with Crippen LogP contribution < -0.4 is 4.80 Å². The second-order valence-electron chi connectivity index (χ2n) is 7.09. The van der Waals surface area contributed by atoms with E-state index in [0.717, 1.165) is 18.1 Å². The Morgan fingerprint density at radius 3 is 2.38 bits per heavy atom. The fourth-order valence-corrected chi connectivity index (χ4v) is 4.87. The van der Waals surface area contributed by atoms with Crippen LogP contribution in [0.4, 0.5) is 0 Å². The molecule has 1 aliphatic carbocycles. The summed E-state index contributed by atoms with van der Waals surface area (Å²) in [4.78, 5) is 6.12. The summed E-state index contributed by atoms with van der Waals surface area (Å²) < 4.78 is 2.51. The van der Waals surface area contributed by atoms with E-state index in [4.69, 9.17) is 16.6 Å². The van der Waals surface area contributed by atoms with Gasteiger partial charge in [-0.2, -0.15) is 0 Å². The van der Waals surface area contributed by atoms with Gasteiger partial charge in [-0.05, 0) is 43.4 Å². The Hall–Kier alpha value is -0.580. The van der Waals surface area contributed by atoms with Gasteiger partial charge >= 0.3 is 0 Å². The Labute approximate surface area is 177 Å². The van der Waals surface area contributed by atoms with Crippen molar-refractivity contribution in [2.45, 2.75) is 70.8 Å². The molecular formula is C21H30BrClN2S. The van der Waals surface area contributed by atoms with Gasteiger partial charge in [0.05, 0.1) is 0 Å².